The summed E-state index contributed by atoms with van der Waals surface area (Å²) in [7, 11) is 0. The number of carbonyl (C=O) groups is 1. The normalized spacial score (nSPS) is 10.5. The molecule has 2 heteroatoms. The molecule has 3 rings (SSSR count). The zero-order valence-electron chi connectivity index (χ0n) is 11.8. The van der Waals surface area contributed by atoms with E-state index in [9.17, 15) is 4.79 Å². The Kier molecular flexibility index (Phi) is 3.97. The smallest absolute Gasteiger partial charge is 0.224 e. The topological polar surface area (TPSA) is 29.1 Å². The van der Waals surface area contributed by atoms with Gasteiger partial charge < -0.3 is 5.32 Å². The van der Waals surface area contributed by atoms with Crippen LogP contribution in [0.2, 0.25) is 0 Å². The Morgan fingerprint density at radius 3 is 2.38 bits per heavy atom. The van der Waals surface area contributed by atoms with Gasteiger partial charge in [-0.25, -0.2) is 0 Å². The average molecular weight is 275 g/mol. The first-order valence-corrected chi connectivity index (χ1v) is 7.10. The third kappa shape index (κ3) is 3.29. The van der Waals surface area contributed by atoms with Crippen molar-refractivity contribution in [1.29, 1.82) is 0 Å². The van der Waals surface area contributed by atoms with Crippen LogP contribution in [0.15, 0.2) is 72.8 Å². The van der Waals surface area contributed by atoms with E-state index in [-0.39, 0.29) is 5.91 Å². The molecule has 0 heterocycles. The van der Waals surface area contributed by atoms with Crippen LogP contribution in [-0.2, 0) is 17.8 Å². The highest BCUT2D eigenvalue weighted by molar-refractivity contribution is 5.90. The quantitative estimate of drug-likeness (QED) is 0.773. The molecule has 0 bridgehead atoms. The molecule has 0 fully saturated rings. The molecule has 104 valence electrons. The monoisotopic (exact) mass is 275 g/mol. The molecule has 0 unspecified atom stereocenters. The van der Waals surface area contributed by atoms with Crippen LogP contribution in [-0.4, -0.2) is 5.91 Å². The van der Waals surface area contributed by atoms with Gasteiger partial charge in [-0.3, -0.25) is 4.79 Å². The molecule has 0 saturated heterocycles. The third-order valence-electron chi connectivity index (χ3n) is 3.56. The molecule has 0 saturated carbocycles. The molecule has 21 heavy (non-hydrogen) atoms. The molecular weight excluding hydrogens is 258 g/mol. The minimum atomic E-state index is 0.0511. The summed E-state index contributed by atoms with van der Waals surface area (Å²) in [5.41, 5.74) is 2.18. The van der Waals surface area contributed by atoms with E-state index < -0.39 is 0 Å². The van der Waals surface area contributed by atoms with Crippen molar-refractivity contribution >= 4 is 16.7 Å². The number of hydrogen-bond donors (Lipinski definition) is 1. The van der Waals surface area contributed by atoms with Crippen LogP contribution < -0.4 is 5.32 Å². The van der Waals surface area contributed by atoms with Crippen molar-refractivity contribution in [1.82, 2.24) is 5.32 Å². The highest BCUT2D eigenvalue weighted by atomic mass is 16.1. The van der Waals surface area contributed by atoms with Gasteiger partial charge in [-0.2, -0.15) is 0 Å². The summed E-state index contributed by atoms with van der Waals surface area (Å²) in [6.07, 6.45) is 0.411. The second kappa shape index (κ2) is 6.23. The van der Waals surface area contributed by atoms with Gasteiger partial charge in [0, 0.05) is 6.54 Å². The Morgan fingerprint density at radius 1 is 0.810 bits per heavy atom. The van der Waals surface area contributed by atoms with E-state index in [0.717, 1.165) is 16.5 Å². The van der Waals surface area contributed by atoms with Crippen molar-refractivity contribution in [3.63, 3.8) is 0 Å². The van der Waals surface area contributed by atoms with Gasteiger partial charge in [0.05, 0.1) is 6.42 Å². The number of carbonyl (C=O) groups excluding carboxylic acids is 1. The van der Waals surface area contributed by atoms with E-state index in [4.69, 9.17) is 0 Å². The molecule has 3 aromatic rings. The van der Waals surface area contributed by atoms with Crippen molar-refractivity contribution in [3.8, 4) is 0 Å². The minimum Gasteiger partial charge on any atom is -0.352 e. The highest BCUT2D eigenvalue weighted by Crippen LogP contribution is 2.18. The summed E-state index contributed by atoms with van der Waals surface area (Å²) >= 11 is 0. The predicted octanol–water partition coefficient (Wildman–Crippen LogP) is 3.70. The molecule has 0 radical (unpaired) electrons. The molecule has 0 aromatic heterocycles. The van der Waals surface area contributed by atoms with E-state index in [1.165, 1.54) is 5.39 Å². The van der Waals surface area contributed by atoms with Gasteiger partial charge >= 0.3 is 0 Å². The van der Waals surface area contributed by atoms with E-state index in [1.54, 1.807) is 0 Å². The Balaban J connectivity index is 1.69. The number of fused-ring (bicyclic) bond motifs is 1. The Labute approximate surface area is 124 Å². The average Bonchev–Trinajstić information content (AvgIpc) is 2.54. The number of benzene rings is 3. The lowest BCUT2D eigenvalue weighted by Gasteiger charge is -2.08. The standard InChI is InChI=1S/C19H17NO/c21-19(20-14-15-7-2-1-3-8-15)13-17-11-6-10-16-9-4-5-12-18(16)17/h1-12H,13-14H2,(H,20,21). The van der Waals surface area contributed by atoms with Gasteiger partial charge in [-0.15, -0.1) is 0 Å². The molecule has 0 aliphatic heterocycles. The molecule has 0 aliphatic carbocycles. The summed E-state index contributed by atoms with van der Waals surface area (Å²) in [5.74, 6) is 0.0511. The lowest BCUT2D eigenvalue weighted by atomic mass is 10.0. The van der Waals surface area contributed by atoms with E-state index in [0.29, 0.717) is 13.0 Å². The lowest BCUT2D eigenvalue weighted by molar-refractivity contribution is -0.120. The lowest BCUT2D eigenvalue weighted by Crippen LogP contribution is -2.24. The van der Waals surface area contributed by atoms with Gasteiger partial charge in [0.15, 0.2) is 0 Å². The van der Waals surface area contributed by atoms with Crippen molar-refractivity contribution in [2.24, 2.45) is 0 Å². The summed E-state index contributed by atoms with van der Waals surface area (Å²) in [6, 6.07) is 24.2. The summed E-state index contributed by atoms with van der Waals surface area (Å²) in [5, 5.41) is 5.29. The van der Waals surface area contributed by atoms with Gasteiger partial charge in [-0.05, 0) is 21.9 Å². The first-order valence-electron chi connectivity index (χ1n) is 7.10. The Bertz CT molecular complexity index is 744. The summed E-state index contributed by atoms with van der Waals surface area (Å²) in [6.45, 7) is 0.574. The molecule has 1 N–H and O–H groups in total. The van der Waals surface area contributed by atoms with Crippen LogP contribution in [0.1, 0.15) is 11.1 Å². The first-order chi connectivity index (χ1) is 10.3. The highest BCUT2D eigenvalue weighted by Gasteiger charge is 2.06. The number of rotatable bonds is 4. The zero-order chi connectivity index (χ0) is 14.5. The molecule has 0 aliphatic rings. The largest absolute Gasteiger partial charge is 0.352 e. The maximum absolute atomic E-state index is 12.1. The number of amides is 1. The minimum absolute atomic E-state index is 0.0511. The van der Waals surface area contributed by atoms with Crippen LogP contribution in [0.4, 0.5) is 0 Å². The third-order valence-corrected chi connectivity index (χ3v) is 3.56. The molecule has 1 amide bonds. The second-order valence-corrected chi connectivity index (χ2v) is 5.08. The zero-order valence-corrected chi connectivity index (χ0v) is 11.8. The Hall–Kier alpha value is -2.61. The van der Waals surface area contributed by atoms with E-state index in [2.05, 4.69) is 23.5 Å². The van der Waals surface area contributed by atoms with Crippen LogP contribution in [0.25, 0.3) is 10.8 Å². The van der Waals surface area contributed by atoms with E-state index >= 15 is 0 Å². The maximum Gasteiger partial charge on any atom is 0.224 e. The maximum atomic E-state index is 12.1. The van der Waals surface area contributed by atoms with Gasteiger partial charge in [0.25, 0.3) is 0 Å². The molecule has 0 spiro atoms. The summed E-state index contributed by atoms with van der Waals surface area (Å²) in [4.78, 5) is 12.1. The van der Waals surface area contributed by atoms with E-state index in [1.807, 2.05) is 54.6 Å². The predicted molar refractivity (Wildman–Crippen MR) is 85.9 cm³/mol. The fourth-order valence-electron chi connectivity index (χ4n) is 2.48. The van der Waals surface area contributed by atoms with Gasteiger partial charge in [-0.1, -0.05) is 72.8 Å². The van der Waals surface area contributed by atoms with Crippen LogP contribution in [0.5, 0.6) is 0 Å². The Morgan fingerprint density at radius 2 is 1.52 bits per heavy atom. The number of nitrogens with one attached hydrogen (secondary N) is 1. The van der Waals surface area contributed by atoms with Crippen LogP contribution >= 0.6 is 0 Å². The molecule has 2 nitrogen and oxygen atoms in total. The van der Waals surface area contributed by atoms with Gasteiger partial charge in [0.2, 0.25) is 5.91 Å². The first kappa shape index (κ1) is 13.4. The summed E-state index contributed by atoms with van der Waals surface area (Å²) < 4.78 is 0. The number of hydrogen-bond acceptors (Lipinski definition) is 1. The van der Waals surface area contributed by atoms with Crippen LogP contribution in [0, 0.1) is 0 Å². The fraction of sp³-hybridized carbons (Fsp3) is 0.105. The second-order valence-electron chi connectivity index (χ2n) is 5.08. The van der Waals surface area contributed by atoms with Crippen molar-refractivity contribution in [2.45, 2.75) is 13.0 Å². The molecule has 0 atom stereocenters. The van der Waals surface area contributed by atoms with Crippen molar-refractivity contribution in [2.75, 3.05) is 0 Å². The fourth-order valence-corrected chi connectivity index (χ4v) is 2.48. The molecular formula is C19H17NO. The van der Waals surface area contributed by atoms with Crippen molar-refractivity contribution < 1.29 is 4.79 Å². The van der Waals surface area contributed by atoms with Gasteiger partial charge in [0.1, 0.15) is 0 Å². The molecule has 3 aromatic carbocycles. The van der Waals surface area contributed by atoms with Crippen molar-refractivity contribution in [3.05, 3.63) is 83.9 Å². The van der Waals surface area contributed by atoms with Crippen LogP contribution in [0.3, 0.4) is 0 Å². The SMILES string of the molecule is O=C(Cc1cccc2ccccc12)NCc1ccccc1.